The van der Waals surface area contributed by atoms with E-state index in [1.807, 2.05) is 0 Å². The first-order valence-electron chi connectivity index (χ1n) is 7.38. The molecule has 0 atom stereocenters. The van der Waals surface area contributed by atoms with Crippen LogP contribution in [0.2, 0.25) is 0 Å². The predicted molar refractivity (Wildman–Crippen MR) is 90.2 cm³/mol. The number of carbonyl (C=O) groups excluding carboxylic acids is 1. The van der Waals surface area contributed by atoms with Crippen molar-refractivity contribution in [3.8, 4) is 11.5 Å². The Bertz CT molecular complexity index is 922. The second kappa shape index (κ2) is 6.37. The minimum absolute atomic E-state index is 0.173. The first-order valence-corrected chi connectivity index (χ1v) is 9.23. The molecule has 0 saturated carbocycles. The highest BCUT2D eigenvalue weighted by atomic mass is 32.2. The third kappa shape index (κ3) is 3.30. The molecule has 0 bridgehead atoms. The Kier molecular flexibility index (Phi) is 4.39. The SMILES string of the molecule is COc1ccc(C(=O)Nc2[nH]nc3c2CN(S(C)(=O)=O)C3)cc1OC. The number of carbonyl (C=O) groups is 1. The summed E-state index contributed by atoms with van der Waals surface area (Å²) in [5, 5.41) is 9.54. The summed E-state index contributed by atoms with van der Waals surface area (Å²) < 4.78 is 35.0. The van der Waals surface area contributed by atoms with E-state index < -0.39 is 10.0 Å². The number of benzene rings is 1. The van der Waals surface area contributed by atoms with Crippen LogP contribution in [-0.4, -0.2) is 49.3 Å². The van der Waals surface area contributed by atoms with Gasteiger partial charge in [-0.2, -0.15) is 9.40 Å². The molecule has 0 radical (unpaired) electrons. The lowest BCUT2D eigenvalue weighted by Gasteiger charge is -2.12. The number of amides is 1. The Morgan fingerprint density at radius 1 is 1.24 bits per heavy atom. The summed E-state index contributed by atoms with van der Waals surface area (Å²) in [6, 6.07) is 4.81. The molecule has 1 aromatic carbocycles. The van der Waals surface area contributed by atoms with Crippen LogP contribution in [0.1, 0.15) is 21.6 Å². The van der Waals surface area contributed by atoms with Crippen molar-refractivity contribution in [2.45, 2.75) is 13.1 Å². The van der Waals surface area contributed by atoms with Crippen LogP contribution in [0.5, 0.6) is 11.5 Å². The van der Waals surface area contributed by atoms with Gasteiger partial charge >= 0.3 is 0 Å². The number of aromatic nitrogens is 2. The van der Waals surface area contributed by atoms with Gasteiger partial charge in [0.05, 0.1) is 32.7 Å². The van der Waals surface area contributed by atoms with Gasteiger partial charge in [0.2, 0.25) is 10.0 Å². The van der Waals surface area contributed by atoms with Crippen molar-refractivity contribution in [2.75, 3.05) is 25.8 Å². The molecular weight excluding hydrogens is 348 g/mol. The minimum Gasteiger partial charge on any atom is -0.493 e. The van der Waals surface area contributed by atoms with Crippen molar-refractivity contribution >= 4 is 21.7 Å². The largest absolute Gasteiger partial charge is 0.493 e. The fourth-order valence-electron chi connectivity index (χ4n) is 2.60. The number of nitrogens with one attached hydrogen (secondary N) is 2. The number of anilines is 1. The van der Waals surface area contributed by atoms with E-state index in [2.05, 4.69) is 15.5 Å². The van der Waals surface area contributed by atoms with Gasteiger partial charge in [-0.3, -0.25) is 9.89 Å². The summed E-state index contributed by atoms with van der Waals surface area (Å²) in [4.78, 5) is 12.5. The maximum absolute atomic E-state index is 12.5. The van der Waals surface area contributed by atoms with Crippen molar-refractivity contribution < 1.29 is 22.7 Å². The molecular formula is C15H18N4O5S. The van der Waals surface area contributed by atoms with Gasteiger partial charge in [0, 0.05) is 17.7 Å². The Hall–Kier alpha value is -2.59. The molecule has 1 aromatic heterocycles. The van der Waals surface area contributed by atoms with Gasteiger partial charge in [0.1, 0.15) is 5.82 Å². The number of rotatable bonds is 5. The molecule has 2 N–H and O–H groups in total. The zero-order valence-electron chi connectivity index (χ0n) is 14.0. The Morgan fingerprint density at radius 2 is 1.96 bits per heavy atom. The number of hydrogen-bond acceptors (Lipinski definition) is 6. The number of sulfonamides is 1. The summed E-state index contributed by atoms with van der Waals surface area (Å²) >= 11 is 0. The Morgan fingerprint density at radius 3 is 2.60 bits per heavy atom. The topological polar surface area (TPSA) is 114 Å². The van der Waals surface area contributed by atoms with Gasteiger partial charge < -0.3 is 14.8 Å². The van der Waals surface area contributed by atoms with Crippen LogP contribution in [0.4, 0.5) is 5.82 Å². The Balaban J connectivity index is 1.80. The van der Waals surface area contributed by atoms with Crippen LogP contribution in [0.3, 0.4) is 0 Å². The summed E-state index contributed by atoms with van der Waals surface area (Å²) in [6.07, 6.45) is 1.14. The van der Waals surface area contributed by atoms with Crippen molar-refractivity contribution in [1.82, 2.24) is 14.5 Å². The van der Waals surface area contributed by atoms with E-state index in [-0.39, 0.29) is 19.0 Å². The van der Waals surface area contributed by atoms with Gasteiger partial charge in [0.25, 0.3) is 5.91 Å². The van der Waals surface area contributed by atoms with Crippen molar-refractivity contribution in [1.29, 1.82) is 0 Å². The summed E-state index contributed by atoms with van der Waals surface area (Å²) in [6.45, 7) is 0.364. The number of aromatic amines is 1. The third-order valence-corrected chi connectivity index (χ3v) is 5.16. The second-order valence-electron chi connectivity index (χ2n) is 5.58. The number of H-pyrrole nitrogens is 1. The molecule has 25 heavy (non-hydrogen) atoms. The molecule has 1 aliphatic rings. The third-order valence-electron chi connectivity index (χ3n) is 3.97. The normalized spacial score (nSPS) is 14.2. The summed E-state index contributed by atoms with van der Waals surface area (Å²) in [5.74, 6) is 0.977. The van der Waals surface area contributed by atoms with E-state index in [9.17, 15) is 13.2 Å². The quantitative estimate of drug-likeness (QED) is 0.815. The van der Waals surface area contributed by atoms with E-state index in [0.717, 1.165) is 6.26 Å². The smallest absolute Gasteiger partial charge is 0.256 e. The predicted octanol–water partition coefficient (Wildman–Crippen LogP) is 0.954. The van der Waals surface area contributed by atoms with Gasteiger partial charge in [-0.15, -0.1) is 0 Å². The van der Waals surface area contributed by atoms with Gasteiger partial charge in [-0.05, 0) is 18.2 Å². The molecule has 0 unspecified atom stereocenters. The van der Waals surface area contributed by atoms with Crippen LogP contribution in [0, 0.1) is 0 Å². The lowest BCUT2D eigenvalue weighted by molar-refractivity contribution is 0.102. The Labute approximate surface area is 145 Å². The molecule has 0 saturated heterocycles. The van der Waals surface area contributed by atoms with Gasteiger partial charge in [-0.1, -0.05) is 0 Å². The van der Waals surface area contributed by atoms with Gasteiger partial charge in [0.15, 0.2) is 11.5 Å². The number of nitrogens with zero attached hydrogens (tertiary/aromatic N) is 2. The van der Waals surface area contributed by atoms with E-state index in [0.29, 0.717) is 34.1 Å². The van der Waals surface area contributed by atoms with E-state index >= 15 is 0 Å². The second-order valence-corrected chi connectivity index (χ2v) is 7.56. The molecule has 2 aromatic rings. The highest BCUT2D eigenvalue weighted by molar-refractivity contribution is 7.88. The maximum atomic E-state index is 12.5. The highest BCUT2D eigenvalue weighted by Crippen LogP contribution is 2.30. The molecule has 1 amide bonds. The average Bonchev–Trinajstić information content (AvgIpc) is 3.16. The molecule has 0 spiro atoms. The lowest BCUT2D eigenvalue weighted by atomic mass is 10.2. The van der Waals surface area contributed by atoms with Crippen molar-refractivity contribution in [3.05, 3.63) is 35.0 Å². The highest BCUT2D eigenvalue weighted by Gasteiger charge is 2.31. The standard InChI is InChI=1S/C15H18N4O5S/c1-23-12-5-4-9(6-13(12)24-2)15(20)16-14-10-7-19(25(3,21)22)8-11(10)17-18-14/h4-6H,7-8H2,1-3H3,(H2,16,17,18,20). The monoisotopic (exact) mass is 366 g/mol. The molecule has 2 heterocycles. The number of ether oxygens (including phenoxy) is 2. The molecule has 0 fully saturated rings. The number of fused-ring (bicyclic) bond motifs is 1. The zero-order valence-corrected chi connectivity index (χ0v) is 14.8. The lowest BCUT2D eigenvalue weighted by Crippen LogP contribution is -2.24. The van der Waals surface area contributed by atoms with Crippen molar-refractivity contribution in [2.24, 2.45) is 0 Å². The first-order chi connectivity index (χ1) is 11.8. The molecule has 10 heteroatoms. The van der Waals surface area contributed by atoms with E-state index in [1.54, 1.807) is 18.2 Å². The van der Waals surface area contributed by atoms with Crippen LogP contribution in [-0.2, 0) is 23.1 Å². The minimum atomic E-state index is -3.32. The zero-order chi connectivity index (χ0) is 18.2. The number of methoxy groups -OCH3 is 2. The van der Waals surface area contributed by atoms with Crippen LogP contribution in [0.15, 0.2) is 18.2 Å². The molecule has 1 aliphatic heterocycles. The van der Waals surface area contributed by atoms with Crippen LogP contribution in [0.25, 0.3) is 0 Å². The maximum Gasteiger partial charge on any atom is 0.256 e. The fourth-order valence-corrected chi connectivity index (χ4v) is 3.32. The van der Waals surface area contributed by atoms with Gasteiger partial charge in [-0.25, -0.2) is 8.42 Å². The molecule has 3 rings (SSSR count). The molecule has 134 valence electrons. The van der Waals surface area contributed by atoms with Crippen LogP contribution >= 0.6 is 0 Å². The summed E-state index contributed by atoms with van der Waals surface area (Å²) in [5.41, 5.74) is 1.64. The first kappa shape index (κ1) is 17.2. The van der Waals surface area contributed by atoms with E-state index in [1.165, 1.54) is 18.5 Å². The average molecular weight is 366 g/mol. The molecule has 9 nitrogen and oxygen atoms in total. The van der Waals surface area contributed by atoms with Crippen LogP contribution < -0.4 is 14.8 Å². The summed E-state index contributed by atoms with van der Waals surface area (Å²) in [7, 11) is -0.318. The van der Waals surface area contributed by atoms with Crippen molar-refractivity contribution in [3.63, 3.8) is 0 Å². The van der Waals surface area contributed by atoms with E-state index in [4.69, 9.17) is 9.47 Å². The molecule has 0 aliphatic carbocycles. The number of hydrogen-bond donors (Lipinski definition) is 2. The fraction of sp³-hybridized carbons (Fsp3) is 0.333.